The molecule has 0 saturated heterocycles. The maximum Gasteiger partial charge on any atom is 0.183 e. The number of hydrogen-bond donors (Lipinski definition) is 0. The Hall–Kier alpha value is -1.91. The fraction of sp³-hybridized carbons (Fsp3) is 0.389. The number of nitrogens with zero attached hydrogens (tertiary/aromatic N) is 1. The monoisotopic (exact) mass is 303 g/mol. The van der Waals surface area contributed by atoms with Gasteiger partial charge in [-0.15, -0.1) is 0 Å². The van der Waals surface area contributed by atoms with E-state index in [0.29, 0.717) is 13.2 Å². The van der Waals surface area contributed by atoms with Crippen molar-refractivity contribution in [2.24, 2.45) is 0 Å². The first-order valence-corrected chi connectivity index (χ1v) is 7.46. The van der Waals surface area contributed by atoms with Gasteiger partial charge >= 0.3 is 0 Å². The van der Waals surface area contributed by atoms with Gasteiger partial charge in [-0.2, -0.15) is 0 Å². The maximum absolute atomic E-state index is 11.6. The van der Waals surface area contributed by atoms with Gasteiger partial charge in [-0.25, -0.2) is 0 Å². The molecule has 0 spiro atoms. The van der Waals surface area contributed by atoms with Crippen LogP contribution in [-0.4, -0.2) is 38.0 Å². The molecule has 0 N–H and O–H groups in total. The van der Waals surface area contributed by atoms with E-state index in [2.05, 4.69) is 0 Å². The van der Waals surface area contributed by atoms with Crippen molar-refractivity contribution in [1.29, 1.82) is 0 Å². The van der Waals surface area contributed by atoms with Crippen LogP contribution in [0.2, 0.25) is 0 Å². The van der Waals surface area contributed by atoms with Crippen molar-refractivity contribution in [2.75, 3.05) is 27.3 Å². The Balaban J connectivity index is 2.69. The zero-order valence-electron chi connectivity index (χ0n) is 13.8. The Morgan fingerprint density at radius 1 is 1.09 bits per heavy atom. The van der Waals surface area contributed by atoms with E-state index in [1.807, 2.05) is 57.1 Å². The number of ether oxygens (including phenoxy) is 2. The molecule has 4 heteroatoms. The Kier molecular flexibility index (Phi) is 8.18. The normalized spacial score (nSPS) is 11.7. The third-order valence-corrected chi connectivity index (χ3v) is 2.82. The maximum atomic E-state index is 11.6. The van der Waals surface area contributed by atoms with E-state index in [9.17, 15) is 4.79 Å². The van der Waals surface area contributed by atoms with E-state index in [4.69, 9.17) is 9.47 Å². The number of allylic oxidation sites excluding steroid dienone is 2. The molecule has 0 radical (unpaired) electrons. The molecule has 0 heterocycles. The summed E-state index contributed by atoms with van der Waals surface area (Å²) in [4.78, 5) is 13.4. The van der Waals surface area contributed by atoms with Gasteiger partial charge in [0, 0.05) is 45.1 Å². The van der Waals surface area contributed by atoms with E-state index < -0.39 is 0 Å². The number of rotatable bonds is 9. The summed E-state index contributed by atoms with van der Waals surface area (Å²) in [7, 11) is 3.75. The molecule has 0 fully saturated rings. The average Bonchev–Trinajstić information content (AvgIpc) is 2.51. The summed E-state index contributed by atoms with van der Waals surface area (Å²) in [5.41, 5.74) is 1.93. The van der Waals surface area contributed by atoms with Crippen LogP contribution in [0.5, 0.6) is 0 Å². The molecule has 4 nitrogen and oxygen atoms in total. The first kappa shape index (κ1) is 18.1. The molecule has 22 heavy (non-hydrogen) atoms. The summed E-state index contributed by atoms with van der Waals surface area (Å²) < 4.78 is 11.1. The highest BCUT2D eigenvalue weighted by atomic mass is 16.7. The van der Waals surface area contributed by atoms with Crippen molar-refractivity contribution in [3.05, 3.63) is 53.7 Å². The fourth-order valence-corrected chi connectivity index (χ4v) is 1.76. The zero-order chi connectivity index (χ0) is 16.4. The van der Waals surface area contributed by atoms with Crippen LogP contribution < -0.4 is 0 Å². The SMILES string of the molecule is CCOC(OCC)c1ccc(/C=C/C(=O)/C=C\N(C)C)cc1. The van der Waals surface area contributed by atoms with Crippen molar-refractivity contribution in [2.45, 2.75) is 20.1 Å². The minimum Gasteiger partial charge on any atom is -0.383 e. The highest BCUT2D eigenvalue weighted by molar-refractivity contribution is 6.01. The number of hydrogen-bond acceptors (Lipinski definition) is 4. The summed E-state index contributed by atoms with van der Waals surface area (Å²) in [5, 5.41) is 0. The van der Waals surface area contributed by atoms with Gasteiger partial charge in [-0.05, 0) is 25.5 Å². The lowest BCUT2D eigenvalue weighted by molar-refractivity contribution is -0.140. The molecule has 0 aromatic heterocycles. The predicted molar refractivity (Wildman–Crippen MR) is 89.3 cm³/mol. The average molecular weight is 303 g/mol. The van der Waals surface area contributed by atoms with Crippen molar-refractivity contribution in [3.8, 4) is 0 Å². The van der Waals surface area contributed by atoms with Gasteiger partial charge < -0.3 is 14.4 Å². The first-order valence-electron chi connectivity index (χ1n) is 7.46. The van der Waals surface area contributed by atoms with Gasteiger partial charge in [0.25, 0.3) is 0 Å². The third kappa shape index (κ3) is 6.70. The highest BCUT2D eigenvalue weighted by Crippen LogP contribution is 2.19. The second-order valence-electron chi connectivity index (χ2n) is 4.92. The summed E-state index contributed by atoms with van der Waals surface area (Å²) in [6.45, 7) is 5.07. The summed E-state index contributed by atoms with van der Waals surface area (Å²) in [5.74, 6) is -0.0423. The molecule has 0 aliphatic heterocycles. The second-order valence-corrected chi connectivity index (χ2v) is 4.92. The van der Waals surface area contributed by atoms with Crippen LogP contribution in [0, 0.1) is 0 Å². The lowest BCUT2D eigenvalue weighted by Gasteiger charge is -2.17. The van der Waals surface area contributed by atoms with Crippen LogP contribution in [-0.2, 0) is 14.3 Å². The van der Waals surface area contributed by atoms with Crippen LogP contribution in [0.1, 0.15) is 31.3 Å². The topological polar surface area (TPSA) is 38.8 Å². The molecule has 0 bridgehead atoms. The Morgan fingerprint density at radius 3 is 2.18 bits per heavy atom. The van der Waals surface area contributed by atoms with Crippen molar-refractivity contribution >= 4 is 11.9 Å². The van der Waals surface area contributed by atoms with Gasteiger partial charge in [0.15, 0.2) is 12.1 Å². The Bertz CT molecular complexity index is 498. The lowest BCUT2D eigenvalue weighted by atomic mass is 10.1. The second kappa shape index (κ2) is 9.92. The van der Waals surface area contributed by atoms with Crippen LogP contribution in [0.3, 0.4) is 0 Å². The van der Waals surface area contributed by atoms with Gasteiger partial charge in [-0.3, -0.25) is 4.79 Å². The largest absolute Gasteiger partial charge is 0.383 e. The number of carbonyl (C=O) groups is 1. The van der Waals surface area contributed by atoms with Gasteiger partial charge in [0.05, 0.1) is 0 Å². The highest BCUT2D eigenvalue weighted by Gasteiger charge is 2.10. The molecule has 0 amide bonds. The smallest absolute Gasteiger partial charge is 0.183 e. The molecule has 0 unspecified atom stereocenters. The van der Waals surface area contributed by atoms with Crippen LogP contribution >= 0.6 is 0 Å². The molecular weight excluding hydrogens is 278 g/mol. The molecule has 0 atom stereocenters. The van der Waals surface area contributed by atoms with Crippen LogP contribution in [0.25, 0.3) is 6.08 Å². The van der Waals surface area contributed by atoms with E-state index >= 15 is 0 Å². The van der Waals surface area contributed by atoms with Gasteiger partial charge in [-0.1, -0.05) is 30.3 Å². The predicted octanol–water partition coefficient (Wildman–Crippen LogP) is 3.42. The molecule has 120 valence electrons. The number of ketones is 1. The Labute approximate surface area is 133 Å². The van der Waals surface area contributed by atoms with Gasteiger partial charge in [0.1, 0.15) is 0 Å². The molecule has 0 aliphatic rings. The van der Waals surface area contributed by atoms with Crippen LogP contribution in [0.15, 0.2) is 42.6 Å². The van der Waals surface area contributed by atoms with E-state index in [0.717, 1.165) is 11.1 Å². The van der Waals surface area contributed by atoms with Crippen LogP contribution in [0.4, 0.5) is 0 Å². The molecule has 1 aromatic rings. The summed E-state index contributed by atoms with van der Waals surface area (Å²) >= 11 is 0. The van der Waals surface area contributed by atoms with E-state index in [-0.39, 0.29) is 12.1 Å². The fourth-order valence-electron chi connectivity index (χ4n) is 1.76. The molecule has 0 aliphatic carbocycles. The standard InChI is InChI=1S/C18H25NO3/c1-5-21-18(22-6-2)16-10-7-15(8-11-16)9-12-17(20)13-14-19(3)4/h7-14,18H,5-6H2,1-4H3/b12-9+,14-13-. The van der Waals surface area contributed by atoms with Crippen molar-refractivity contribution < 1.29 is 14.3 Å². The zero-order valence-corrected chi connectivity index (χ0v) is 13.8. The van der Waals surface area contributed by atoms with E-state index in [1.54, 1.807) is 18.4 Å². The molecule has 1 rings (SSSR count). The third-order valence-electron chi connectivity index (χ3n) is 2.82. The minimum absolute atomic E-state index is 0.0423. The number of carbonyl (C=O) groups excluding carboxylic acids is 1. The Morgan fingerprint density at radius 2 is 1.68 bits per heavy atom. The summed E-state index contributed by atoms with van der Waals surface area (Å²) in [6, 6.07) is 7.80. The lowest BCUT2D eigenvalue weighted by Crippen LogP contribution is -2.08. The van der Waals surface area contributed by atoms with E-state index in [1.165, 1.54) is 6.08 Å². The molecule has 0 saturated carbocycles. The van der Waals surface area contributed by atoms with Crippen molar-refractivity contribution in [3.63, 3.8) is 0 Å². The quantitative estimate of drug-likeness (QED) is 0.517. The minimum atomic E-state index is -0.335. The molecule has 1 aromatic carbocycles. The summed E-state index contributed by atoms with van der Waals surface area (Å²) in [6.07, 6.45) is 6.27. The van der Waals surface area contributed by atoms with Gasteiger partial charge in [0.2, 0.25) is 0 Å². The number of benzene rings is 1. The first-order chi connectivity index (χ1) is 10.6. The molecular formula is C18H25NO3. The van der Waals surface area contributed by atoms with Crippen molar-refractivity contribution in [1.82, 2.24) is 4.90 Å².